The van der Waals surface area contributed by atoms with E-state index in [4.69, 9.17) is 0 Å². The lowest BCUT2D eigenvalue weighted by atomic mass is 10.3. The van der Waals surface area contributed by atoms with Crippen LogP contribution in [0.1, 0.15) is 33.4 Å². The van der Waals surface area contributed by atoms with Crippen LogP contribution in [0.2, 0.25) is 0 Å². The van der Waals surface area contributed by atoms with Crippen LogP contribution >= 0.6 is 0 Å². The summed E-state index contributed by atoms with van der Waals surface area (Å²) < 4.78 is 1.84. The summed E-state index contributed by atoms with van der Waals surface area (Å²) in [6.45, 7) is 13.9. The first-order valence-electron chi connectivity index (χ1n) is 7.90. The minimum atomic E-state index is 0.686. The average Bonchev–Trinajstić information content (AvgIpc) is 2.99. The van der Waals surface area contributed by atoms with Crippen LogP contribution in [0.5, 0.6) is 0 Å². The highest BCUT2D eigenvalue weighted by Gasteiger charge is 2.13. The van der Waals surface area contributed by atoms with Crippen molar-refractivity contribution in [2.24, 2.45) is 0 Å². The van der Waals surface area contributed by atoms with Crippen molar-refractivity contribution in [3.63, 3.8) is 0 Å². The third kappa shape index (κ3) is 3.50. The van der Waals surface area contributed by atoms with Crippen LogP contribution in [0.3, 0.4) is 0 Å². The molecule has 0 saturated heterocycles. The molecular formula is C15H26N6. The Morgan fingerprint density at radius 1 is 1.05 bits per heavy atom. The summed E-state index contributed by atoms with van der Waals surface area (Å²) in [7, 11) is 0. The van der Waals surface area contributed by atoms with E-state index in [1.165, 1.54) is 0 Å². The standard InChI is InChI=1S/C15H26N6/c1-5-13-11-14(21-15(18-13)16-12-17-21)20(8-4)10-9-19(6-2)7-3/h11-12H,5-10H2,1-4H3. The van der Waals surface area contributed by atoms with Gasteiger partial charge in [-0.3, -0.25) is 0 Å². The summed E-state index contributed by atoms with van der Waals surface area (Å²) in [6, 6.07) is 2.13. The first-order chi connectivity index (χ1) is 10.2. The van der Waals surface area contributed by atoms with Crippen molar-refractivity contribution in [2.45, 2.75) is 34.1 Å². The quantitative estimate of drug-likeness (QED) is 0.742. The van der Waals surface area contributed by atoms with E-state index in [2.05, 4.69) is 58.6 Å². The van der Waals surface area contributed by atoms with E-state index in [9.17, 15) is 0 Å². The van der Waals surface area contributed by atoms with E-state index in [1.54, 1.807) is 6.33 Å². The Labute approximate surface area is 126 Å². The largest absolute Gasteiger partial charge is 0.355 e. The zero-order valence-corrected chi connectivity index (χ0v) is 13.6. The average molecular weight is 290 g/mol. The Morgan fingerprint density at radius 2 is 1.81 bits per heavy atom. The maximum Gasteiger partial charge on any atom is 0.254 e. The van der Waals surface area contributed by atoms with Crippen LogP contribution in [0, 0.1) is 0 Å². The van der Waals surface area contributed by atoms with Gasteiger partial charge in [0.05, 0.1) is 0 Å². The molecule has 21 heavy (non-hydrogen) atoms. The maximum absolute atomic E-state index is 4.51. The van der Waals surface area contributed by atoms with Crippen molar-refractivity contribution in [2.75, 3.05) is 37.6 Å². The van der Waals surface area contributed by atoms with E-state index in [1.807, 2.05) is 4.52 Å². The number of rotatable bonds is 8. The van der Waals surface area contributed by atoms with Crippen molar-refractivity contribution in [1.29, 1.82) is 0 Å². The topological polar surface area (TPSA) is 49.6 Å². The molecule has 0 unspecified atom stereocenters. The summed E-state index contributed by atoms with van der Waals surface area (Å²) in [4.78, 5) is 13.5. The number of likely N-dealkylation sites (N-methyl/N-ethyl adjacent to an activating group) is 2. The highest BCUT2D eigenvalue weighted by molar-refractivity contribution is 5.47. The second-order valence-electron chi connectivity index (χ2n) is 5.04. The van der Waals surface area contributed by atoms with E-state index < -0.39 is 0 Å². The monoisotopic (exact) mass is 290 g/mol. The van der Waals surface area contributed by atoms with Gasteiger partial charge in [0.1, 0.15) is 12.1 Å². The zero-order valence-electron chi connectivity index (χ0n) is 13.6. The fraction of sp³-hybridized carbons (Fsp3) is 0.667. The van der Waals surface area contributed by atoms with Gasteiger partial charge in [0.2, 0.25) is 0 Å². The molecular weight excluding hydrogens is 264 g/mol. The molecule has 0 aliphatic rings. The second kappa shape index (κ2) is 7.36. The minimum Gasteiger partial charge on any atom is -0.355 e. The predicted octanol–water partition coefficient (Wildman–Crippen LogP) is 1.85. The normalized spacial score (nSPS) is 11.5. The van der Waals surface area contributed by atoms with Crippen molar-refractivity contribution >= 4 is 11.6 Å². The SMILES string of the molecule is CCc1cc(N(CC)CCN(CC)CC)n2ncnc2n1. The fourth-order valence-electron chi connectivity index (χ4n) is 2.49. The lowest BCUT2D eigenvalue weighted by molar-refractivity contribution is 0.309. The van der Waals surface area contributed by atoms with Gasteiger partial charge in [-0.05, 0) is 26.4 Å². The molecule has 0 amide bonds. The molecule has 6 nitrogen and oxygen atoms in total. The van der Waals surface area contributed by atoms with Crippen molar-refractivity contribution < 1.29 is 0 Å². The lowest BCUT2D eigenvalue weighted by Crippen LogP contribution is -2.36. The molecule has 0 saturated carbocycles. The second-order valence-corrected chi connectivity index (χ2v) is 5.04. The highest BCUT2D eigenvalue weighted by atomic mass is 15.4. The molecule has 0 aliphatic carbocycles. The van der Waals surface area contributed by atoms with Gasteiger partial charge in [-0.2, -0.15) is 14.6 Å². The van der Waals surface area contributed by atoms with E-state index in [0.717, 1.165) is 50.7 Å². The number of fused-ring (bicyclic) bond motifs is 1. The van der Waals surface area contributed by atoms with E-state index in [-0.39, 0.29) is 0 Å². The number of aryl methyl sites for hydroxylation is 1. The predicted molar refractivity (Wildman–Crippen MR) is 85.8 cm³/mol. The highest BCUT2D eigenvalue weighted by Crippen LogP contribution is 2.16. The molecule has 0 bridgehead atoms. The summed E-state index contributed by atoms with van der Waals surface area (Å²) in [6.07, 6.45) is 2.48. The van der Waals surface area contributed by atoms with Crippen LogP contribution in [-0.4, -0.2) is 57.2 Å². The van der Waals surface area contributed by atoms with Crippen molar-refractivity contribution in [3.05, 3.63) is 18.1 Å². The maximum atomic E-state index is 4.51. The minimum absolute atomic E-state index is 0.686. The molecule has 2 rings (SSSR count). The molecule has 0 N–H and O–H groups in total. The zero-order chi connectivity index (χ0) is 15.2. The summed E-state index contributed by atoms with van der Waals surface area (Å²) in [5.74, 6) is 1.77. The molecule has 2 heterocycles. The third-order valence-corrected chi connectivity index (χ3v) is 3.93. The molecule has 2 aromatic heterocycles. The van der Waals surface area contributed by atoms with Gasteiger partial charge in [0, 0.05) is 31.4 Å². The number of aromatic nitrogens is 4. The number of nitrogens with zero attached hydrogens (tertiary/aromatic N) is 6. The Balaban J connectivity index is 2.26. The first kappa shape index (κ1) is 15.7. The number of hydrogen-bond acceptors (Lipinski definition) is 5. The van der Waals surface area contributed by atoms with Gasteiger partial charge in [0.15, 0.2) is 0 Å². The van der Waals surface area contributed by atoms with E-state index in [0.29, 0.717) is 5.78 Å². The Kier molecular flexibility index (Phi) is 5.50. The molecule has 0 atom stereocenters. The van der Waals surface area contributed by atoms with Gasteiger partial charge in [-0.25, -0.2) is 4.98 Å². The van der Waals surface area contributed by atoms with Gasteiger partial charge in [0.25, 0.3) is 5.78 Å². The lowest BCUT2D eigenvalue weighted by Gasteiger charge is -2.27. The van der Waals surface area contributed by atoms with Crippen LogP contribution < -0.4 is 4.90 Å². The molecule has 2 aromatic rings. The summed E-state index contributed by atoms with van der Waals surface area (Å²) >= 11 is 0. The molecule has 0 fully saturated rings. The number of hydrogen-bond donors (Lipinski definition) is 0. The Morgan fingerprint density at radius 3 is 2.43 bits per heavy atom. The molecule has 0 aromatic carbocycles. The van der Waals surface area contributed by atoms with Gasteiger partial charge >= 0.3 is 0 Å². The van der Waals surface area contributed by atoms with Gasteiger partial charge in [-0.15, -0.1) is 0 Å². The molecule has 6 heteroatoms. The molecule has 0 radical (unpaired) electrons. The molecule has 0 spiro atoms. The van der Waals surface area contributed by atoms with Crippen LogP contribution in [0.4, 0.5) is 5.82 Å². The van der Waals surface area contributed by atoms with Gasteiger partial charge < -0.3 is 9.80 Å². The van der Waals surface area contributed by atoms with E-state index >= 15 is 0 Å². The smallest absolute Gasteiger partial charge is 0.254 e. The van der Waals surface area contributed by atoms with Crippen LogP contribution in [0.25, 0.3) is 5.78 Å². The summed E-state index contributed by atoms with van der Waals surface area (Å²) in [5, 5.41) is 4.32. The molecule has 0 aliphatic heterocycles. The number of anilines is 1. The summed E-state index contributed by atoms with van der Waals surface area (Å²) in [5.41, 5.74) is 1.06. The van der Waals surface area contributed by atoms with Crippen molar-refractivity contribution in [3.8, 4) is 0 Å². The Hall–Kier alpha value is -1.69. The third-order valence-electron chi connectivity index (χ3n) is 3.93. The van der Waals surface area contributed by atoms with Crippen LogP contribution in [-0.2, 0) is 6.42 Å². The molecule has 116 valence electrons. The van der Waals surface area contributed by atoms with Gasteiger partial charge in [-0.1, -0.05) is 20.8 Å². The fourth-order valence-corrected chi connectivity index (χ4v) is 2.49. The first-order valence-corrected chi connectivity index (χ1v) is 7.90. The van der Waals surface area contributed by atoms with Crippen molar-refractivity contribution in [1.82, 2.24) is 24.5 Å². The van der Waals surface area contributed by atoms with Crippen LogP contribution in [0.15, 0.2) is 12.4 Å². The Bertz CT molecular complexity index is 560.